The summed E-state index contributed by atoms with van der Waals surface area (Å²) in [6.45, 7) is 7.42. The van der Waals surface area contributed by atoms with Gasteiger partial charge in [-0.3, -0.25) is 4.99 Å². The maximum atomic E-state index is 3.98. The normalized spacial score (nSPS) is 13.7. The molecule has 0 N–H and O–H groups in total. The van der Waals surface area contributed by atoms with Gasteiger partial charge in [-0.25, -0.2) is 0 Å². The van der Waals surface area contributed by atoms with Crippen LogP contribution >= 0.6 is 0 Å². The Kier molecular flexibility index (Phi) is 6.85. The molecular weight excluding hydrogens is 146 g/mol. The molecule has 0 radical (unpaired) electrons. The van der Waals surface area contributed by atoms with Gasteiger partial charge in [0.25, 0.3) is 0 Å². The second-order valence-corrected chi connectivity index (χ2v) is 2.22. The molecule has 0 rings (SSSR count). The first-order chi connectivity index (χ1) is 5.81. The Labute approximate surface area is 74.5 Å². The summed E-state index contributed by atoms with van der Waals surface area (Å²) < 4.78 is 0. The van der Waals surface area contributed by atoms with Crippen molar-refractivity contribution in [2.75, 3.05) is 0 Å². The van der Waals surface area contributed by atoms with Crippen LogP contribution in [0.4, 0.5) is 0 Å². The van der Waals surface area contributed by atoms with Crippen LogP contribution in [0.1, 0.15) is 13.8 Å². The van der Waals surface area contributed by atoms with Gasteiger partial charge < -0.3 is 0 Å². The van der Waals surface area contributed by atoms with Crippen LogP contribution in [0.5, 0.6) is 0 Å². The van der Waals surface area contributed by atoms with Crippen LogP contribution in [0.15, 0.2) is 54.2 Å². The average molecular weight is 161 g/mol. The maximum Gasteiger partial charge on any atom is 0.0372 e. The molecule has 0 atom stereocenters. The van der Waals surface area contributed by atoms with E-state index in [1.807, 2.05) is 50.3 Å². The summed E-state index contributed by atoms with van der Waals surface area (Å²) in [5.74, 6) is 0. The standard InChI is InChI=1S/C11H15N/c1-4-6-7-8-9-10-11(3)12-5-2/h4-10H,2H2,1,3H3/b6-4+,8-7-,10-9-,12-11+. The smallest absolute Gasteiger partial charge is 0.0372 e. The van der Waals surface area contributed by atoms with E-state index in [1.165, 1.54) is 6.20 Å². The Morgan fingerprint density at radius 2 is 1.83 bits per heavy atom. The molecule has 0 aliphatic carbocycles. The van der Waals surface area contributed by atoms with Crippen LogP contribution in [0, 0.1) is 0 Å². The zero-order chi connectivity index (χ0) is 9.23. The van der Waals surface area contributed by atoms with Gasteiger partial charge in [-0.15, -0.1) is 0 Å². The first-order valence-electron chi connectivity index (χ1n) is 3.92. The van der Waals surface area contributed by atoms with Gasteiger partial charge in [0.1, 0.15) is 0 Å². The van der Waals surface area contributed by atoms with Crippen LogP contribution in [-0.2, 0) is 0 Å². The van der Waals surface area contributed by atoms with E-state index in [0.29, 0.717) is 0 Å². The third kappa shape index (κ3) is 6.75. The third-order valence-electron chi connectivity index (χ3n) is 1.16. The fourth-order valence-electron chi connectivity index (χ4n) is 0.621. The maximum absolute atomic E-state index is 3.98. The van der Waals surface area contributed by atoms with Crippen LogP contribution in [0.25, 0.3) is 0 Å². The summed E-state index contributed by atoms with van der Waals surface area (Å²) in [7, 11) is 0. The zero-order valence-corrected chi connectivity index (χ0v) is 7.70. The van der Waals surface area contributed by atoms with Gasteiger partial charge in [0.05, 0.1) is 0 Å². The van der Waals surface area contributed by atoms with Crippen molar-refractivity contribution >= 4 is 5.71 Å². The van der Waals surface area contributed by atoms with E-state index in [0.717, 1.165) is 5.71 Å². The van der Waals surface area contributed by atoms with E-state index in [9.17, 15) is 0 Å². The Morgan fingerprint density at radius 3 is 2.42 bits per heavy atom. The van der Waals surface area contributed by atoms with Crippen LogP contribution < -0.4 is 0 Å². The van der Waals surface area contributed by atoms with Crippen molar-refractivity contribution in [2.24, 2.45) is 4.99 Å². The Balaban J connectivity index is 3.91. The molecule has 0 spiro atoms. The number of rotatable bonds is 4. The summed E-state index contributed by atoms with van der Waals surface area (Å²) in [4.78, 5) is 3.98. The van der Waals surface area contributed by atoms with Gasteiger partial charge >= 0.3 is 0 Å². The highest BCUT2D eigenvalue weighted by molar-refractivity contribution is 5.93. The van der Waals surface area contributed by atoms with E-state index < -0.39 is 0 Å². The second kappa shape index (κ2) is 7.73. The largest absolute Gasteiger partial charge is 0.262 e. The van der Waals surface area contributed by atoms with Gasteiger partial charge in [-0.2, -0.15) is 0 Å². The highest BCUT2D eigenvalue weighted by Gasteiger charge is 1.75. The third-order valence-corrected chi connectivity index (χ3v) is 1.16. The molecule has 0 aromatic heterocycles. The summed E-state index contributed by atoms with van der Waals surface area (Å²) in [6, 6.07) is 0. The van der Waals surface area contributed by atoms with Crippen molar-refractivity contribution in [1.29, 1.82) is 0 Å². The van der Waals surface area contributed by atoms with Crippen LogP contribution in [-0.4, -0.2) is 5.71 Å². The molecule has 12 heavy (non-hydrogen) atoms. The fraction of sp³-hybridized carbons (Fsp3) is 0.182. The van der Waals surface area contributed by atoms with E-state index in [1.54, 1.807) is 0 Å². The molecule has 1 nitrogen and oxygen atoms in total. The lowest BCUT2D eigenvalue weighted by atomic mass is 10.3. The Bertz CT molecular complexity index is 229. The number of hydrogen-bond donors (Lipinski definition) is 0. The van der Waals surface area contributed by atoms with Gasteiger partial charge in [-0.1, -0.05) is 37.0 Å². The van der Waals surface area contributed by atoms with Crippen molar-refractivity contribution < 1.29 is 0 Å². The van der Waals surface area contributed by atoms with Crippen molar-refractivity contribution in [1.82, 2.24) is 0 Å². The Morgan fingerprint density at radius 1 is 1.17 bits per heavy atom. The molecule has 0 aliphatic heterocycles. The molecule has 0 saturated carbocycles. The first kappa shape index (κ1) is 10.6. The minimum Gasteiger partial charge on any atom is -0.262 e. The number of aliphatic imine (C=N–C) groups is 1. The van der Waals surface area contributed by atoms with Crippen LogP contribution in [0.3, 0.4) is 0 Å². The molecule has 0 aromatic carbocycles. The van der Waals surface area contributed by atoms with Gasteiger partial charge in [-0.05, 0) is 19.9 Å². The van der Waals surface area contributed by atoms with Gasteiger partial charge in [0, 0.05) is 11.9 Å². The van der Waals surface area contributed by atoms with Crippen molar-refractivity contribution in [3.63, 3.8) is 0 Å². The van der Waals surface area contributed by atoms with E-state index in [2.05, 4.69) is 11.6 Å². The summed E-state index contributed by atoms with van der Waals surface area (Å²) in [5, 5.41) is 0. The molecule has 0 unspecified atom stereocenters. The highest BCUT2D eigenvalue weighted by atomic mass is 14.7. The number of nitrogens with zero attached hydrogens (tertiary/aromatic N) is 1. The topological polar surface area (TPSA) is 12.4 Å². The molecule has 0 fully saturated rings. The number of allylic oxidation sites excluding steroid dienone is 6. The molecule has 1 heteroatoms. The van der Waals surface area contributed by atoms with Crippen molar-refractivity contribution in [3.8, 4) is 0 Å². The SMILES string of the molecule is C=C/N=C(C)/C=C\C=C/C=C/C. The second-order valence-electron chi connectivity index (χ2n) is 2.22. The highest BCUT2D eigenvalue weighted by Crippen LogP contribution is 1.84. The minimum absolute atomic E-state index is 0.954. The predicted octanol–water partition coefficient (Wildman–Crippen LogP) is 3.28. The first-order valence-corrected chi connectivity index (χ1v) is 3.92. The molecular formula is C11H15N. The van der Waals surface area contributed by atoms with Crippen molar-refractivity contribution in [2.45, 2.75) is 13.8 Å². The zero-order valence-electron chi connectivity index (χ0n) is 7.70. The fourth-order valence-corrected chi connectivity index (χ4v) is 0.621. The lowest BCUT2D eigenvalue weighted by molar-refractivity contribution is 1.56. The molecule has 0 heterocycles. The van der Waals surface area contributed by atoms with Crippen LogP contribution in [0.2, 0.25) is 0 Å². The lowest BCUT2D eigenvalue weighted by Gasteiger charge is -1.83. The average Bonchev–Trinajstić information content (AvgIpc) is 2.05. The quantitative estimate of drug-likeness (QED) is 0.443. The molecule has 0 amide bonds. The molecule has 0 aliphatic rings. The van der Waals surface area contributed by atoms with Crippen molar-refractivity contribution in [3.05, 3.63) is 49.2 Å². The van der Waals surface area contributed by atoms with Gasteiger partial charge in [0.15, 0.2) is 0 Å². The summed E-state index contributed by atoms with van der Waals surface area (Å²) >= 11 is 0. The van der Waals surface area contributed by atoms with E-state index >= 15 is 0 Å². The molecule has 0 bridgehead atoms. The molecule has 0 saturated heterocycles. The monoisotopic (exact) mass is 161 g/mol. The number of hydrogen-bond acceptors (Lipinski definition) is 1. The molecule has 64 valence electrons. The Hall–Kier alpha value is -1.37. The van der Waals surface area contributed by atoms with Gasteiger partial charge in [0.2, 0.25) is 0 Å². The minimum atomic E-state index is 0.954. The summed E-state index contributed by atoms with van der Waals surface area (Å²) in [6.07, 6.45) is 13.3. The lowest BCUT2D eigenvalue weighted by Crippen LogP contribution is -1.79. The molecule has 0 aromatic rings. The summed E-state index contributed by atoms with van der Waals surface area (Å²) in [5.41, 5.74) is 0.954. The van der Waals surface area contributed by atoms with E-state index in [-0.39, 0.29) is 0 Å². The predicted molar refractivity (Wildman–Crippen MR) is 56.4 cm³/mol. The van der Waals surface area contributed by atoms with E-state index in [4.69, 9.17) is 0 Å².